The summed E-state index contributed by atoms with van der Waals surface area (Å²) in [4.78, 5) is 25.2. The fourth-order valence-electron chi connectivity index (χ4n) is 2.96. The van der Waals surface area contributed by atoms with Crippen molar-refractivity contribution in [2.24, 2.45) is 5.92 Å². The number of hydrogen-bond acceptors (Lipinski definition) is 4. The topological polar surface area (TPSA) is 61.4 Å². The van der Waals surface area contributed by atoms with Crippen molar-refractivity contribution in [2.45, 2.75) is 24.9 Å². The highest BCUT2D eigenvalue weighted by atomic mass is 32.2. The van der Waals surface area contributed by atoms with Crippen LogP contribution in [0.5, 0.6) is 0 Å². The third-order valence-corrected chi connectivity index (χ3v) is 4.76. The van der Waals surface area contributed by atoms with E-state index in [4.69, 9.17) is 0 Å². The van der Waals surface area contributed by atoms with Crippen molar-refractivity contribution in [3.8, 4) is 0 Å². The molecule has 94 valence electrons. The Hall–Kier alpha value is -0.750. The predicted molar refractivity (Wildman–Crippen MR) is 65.9 cm³/mol. The molecule has 0 aromatic rings. The van der Waals surface area contributed by atoms with Gasteiger partial charge in [-0.15, -0.1) is 0 Å². The molecule has 6 heteroatoms. The van der Waals surface area contributed by atoms with Crippen molar-refractivity contribution in [1.29, 1.82) is 0 Å². The Labute approximate surface area is 105 Å². The largest absolute Gasteiger partial charge is 0.339 e. The van der Waals surface area contributed by atoms with Gasteiger partial charge in [-0.3, -0.25) is 9.59 Å². The van der Waals surface area contributed by atoms with Crippen LogP contribution < -0.4 is 10.6 Å². The summed E-state index contributed by atoms with van der Waals surface area (Å²) in [6, 6.07) is 0.171. The number of piperidine rings is 1. The van der Waals surface area contributed by atoms with Crippen LogP contribution in [0.4, 0.5) is 4.79 Å². The van der Waals surface area contributed by atoms with E-state index < -0.39 is 0 Å². The minimum Gasteiger partial charge on any atom is -0.339 e. The van der Waals surface area contributed by atoms with Crippen LogP contribution in [0.25, 0.3) is 0 Å². The van der Waals surface area contributed by atoms with Gasteiger partial charge < -0.3 is 15.5 Å². The Kier molecular flexibility index (Phi) is 3.00. The summed E-state index contributed by atoms with van der Waals surface area (Å²) in [6.45, 7) is 2.73. The van der Waals surface area contributed by atoms with E-state index in [1.54, 1.807) is 0 Å². The molecule has 0 aromatic heterocycles. The zero-order chi connectivity index (χ0) is 11.8. The first-order valence-electron chi connectivity index (χ1n) is 6.19. The molecular formula is C11H17N3O2S. The maximum Gasteiger partial charge on any atom is 0.279 e. The quantitative estimate of drug-likeness (QED) is 0.693. The number of nitrogens with zero attached hydrogens (tertiary/aromatic N) is 1. The molecule has 0 bridgehead atoms. The Morgan fingerprint density at radius 3 is 3.00 bits per heavy atom. The summed E-state index contributed by atoms with van der Waals surface area (Å²) in [7, 11) is 0. The summed E-state index contributed by atoms with van der Waals surface area (Å²) in [5.74, 6) is 1.29. The highest BCUT2D eigenvalue weighted by Gasteiger charge is 2.40. The van der Waals surface area contributed by atoms with Gasteiger partial charge in [-0.1, -0.05) is 11.8 Å². The van der Waals surface area contributed by atoms with Crippen molar-refractivity contribution < 1.29 is 9.59 Å². The van der Waals surface area contributed by atoms with E-state index in [2.05, 4.69) is 10.6 Å². The molecule has 3 saturated heterocycles. The monoisotopic (exact) mass is 255 g/mol. The summed E-state index contributed by atoms with van der Waals surface area (Å²) in [5, 5.41) is 6.13. The van der Waals surface area contributed by atoms with Crippen LogP contribution in [0.1, 0.15) is 12.8 Å². The predicted octanol–water partition coefficient (Wildman–Crippen LogP) is 0.0218. The summed E-state index contributed by atoms with van der Waals surface area (Å²) in [5.41, 5.74) is 0. The molecule has 0 spiro atoms. The normalized spacial score (nSPS) is 36.8. The second kappa shape index (κ2) is 4.49. The maximum absolute atomic E-state index is 12.2. The molecule has 3 fully saturated rings. The molecule has 3 rings (SSSR count). The van der Waals surface area contributed by atoms with Gasteiger partial charge in [0.25, 0.3) is 5.24 Å². The molecule has 0 aromatic carbocycles. The fraction of sp³-hybridized carbons (Fsp3) is 0.818. The van der Waals surface area contributed by atoms with Gasteiger partial charge in [-0.05, 0) is 25.3 Å². The van der Waals surface area contributed by atoms with Gasteiger partial charge in [0.2, 0.25) is 5.91 Å². The first-order chi connectivity index (χ1) is 8.24. The molecule has 0 radical (unpaired) electrons. The lowest BCUT2D eigenvalue weighted by Crippen LogP contribution is -2.45. The first-order valence-corrected chi connectivity index (χ1v) is 7.18. The van der Waals surface area contributed by atoms with Crippen LogP contribution in [-0.4, -0.2) is 53.5 Å². The summed E-state index contributed by atoms with van der Waals surface area (Å²) >= 11 is 1.20. The van der Waals surface area contributed by atoms with E-state index in [9.17, 15) is 9.59 Å². The lowest BCUT2D eigenvalue weighted by molar-refractivity contribution is -0.131. The number of hydrogen-bond donors (Lipinski definition) is 2. The second-order valence-electron chi connectivity index (χ2n) is 5.00. The first kappa shape index (κ1) is 11.3. The molecule has 3 atom stereocenters. The van der Waals surface area contributed by atoms with Gasteiger partial charge in [-0.25, -0.2) is 0 Å². The third kappa shape index (κ3) is 2.15. The zero-order valence-corrected chi connectivity index (χ0v) is 10.5. The molecule has 3 aliphatic rings. The number of fused-ring (bicyclic) bond motifs is 1. The average Bonchev–Trinajstić information content (AvgIpc) is 2.93. The minimum atomic E-state index is -0.298. The van der Waals surface area contributed by atoms with E-state index in [-0.39, 0.29) is 17.2 Å². The van der Waals surface area contributed by atoms with Crippen molar-refractivity contribution in [3.63, 3.8) is 0 Å². The SMILES string of the molecule is O=C1NC(C(=O)N2C[C@@H]3CCCN[C@@H]3C2)CS1. The summed E-state index contributed by atoms with van der Waals surface area (Å²) < 4.78 is 0. The van der Waals surface area contributed by atoms with Crippen LogP contribution in [0.3, 0.4) is 0 Å². The molecule has 2 N–H and O–H groups in total. The summed E-state index contributed by atoms with van der Waals surface area (Å²) in [6.07, 6.45) is 2.42. The number of nitrogens with one attached hydrogen (secondary N) is 2. The number of amides is 2. The van der Waals surface area contributed by atoms with E-state index in [0.29, 0.717) is 17.7 Å². The third-order valence-electron chi connectivity index (χ3n) is 3.88. The molecule has 17 heavy (non-hydrogen) atoms. The van der Waals surface area contributed by atoms with E-state index in [1.165, 1.54) is 24.6 Å². The van der Waals surface area contributed by atoms with Gasteiger partial charge in [0, 0.05) is 24.9 Å². The molecule has 3 heterocycles. The minimum absolute atomic E-state index is 0.0712. The average molecular weight is 255 g/mol. The number of thioether (sulfide) groups is 1. The Balaban J connectivity index is 1.62. The van der Waals surface area contributed by atoms with Gasteiger partial charge in [-0.2, -0.15) is 0 Å². The Bertz CT molecular complexity index is 336. The standard InChI is InChI=1S/C11H17N3O2S/c15-10(9-6-17-11(16)13-9)14-4-7-2-1-3-12-8(7)5-14/h7-9,12H,1-6H2,(H,13,16)/t7-,8+,9?/m0/s1. The molecular weight excluding hydrogens is 238 g/mol. The van der Waals surface area contributed by atoms with Crippen LogP contribution in [-0.2, 0) is 4.79 Å². The smallest absolute Gasteiger partial charge is 0.279 e. The van der Waals surface area contributed by atoms with Crippen molar-refractivity contribution in [1.82, 2.24) is 15.5 Å². The number of rotatable bonds is 1. The van der Waals surface area contributed by atoms with Crippen LogP contribution in [0.2, 0.25) is 0 Å². The molecule has 3 aliphatic heterocycles. The number of carbonyl (C=O) groups excluding carboxylic acids is 2. The van der Waals surface area contributed by atoms with Crippen molar-refractivity contribution >= 4 is 22.9 Å². The lowest BCUT2D eigenvalue weighted by Gasteiger charge is -2.24. The van der Waals surface area contributed by atoms with Gasteiger partial charge in [0.15, 0.2) is 0 Å². The van der Waals surface area contributed by atoms with E-state index in [0.717, 1.165) is 19.6 Å². The molecule has 2 amide bonds. The van der Waals surface area contributed by atoms with Crippen molar-refractivity contribution in [2.75, 3.05) is 25.4 Å². The second-order valence-corrected chi connectivity index (χ2v) is 5.99. The fourth-order valence-corrected chi connectivity index (χ4v) is 3.73. The molecule has 1 unspecified atom stereocenters. The maximum atomic E-state index is 12.2. The highest BCUT2D eigenvalue weighted by Crippen LogP contribution is 2.26. The number of likely N-dealkylation sites (tertiary alicyclic amines) is 1. The highest BCUT2D eigenvalue weighted by molar-refractivity contribution is 8.14. The van der Waals surface area contributed by atoms with E-state index >= 15 is 0 Å². The molecule has 5 nitrogen and oxygen atoms in total. The Morgan fingerprint density at radius 1 is 1.41 bits per heavy atom. The zero-order valence-electron chi connectivity index (χ0n) is 9.65. The van der Waals surface area contributed by atoms with Gasteiger partial charge in [0.05, 0.1) is 0 Å². The van der Waals surface area contributed by atoms with Gasteiger partial charge >= 0.3 is 0 Å². The van der Waals surface area contributed by atoms with E-state index in [1.807, 2.05) is 4.90 Å². The molecule has 0 saturated carbocycles. The van der Waals surface area contributed by atoms with Gasteiger partial charge in [0.1, 0.15) is 6.04 Å². The van der Waals surface area contributed by atoms with Crippen LogP contribution in [0, 0.1) is 5.92 Å². The number of carbonyl (C=O) groups is 2. The van der Waals surface area contributed by atoms with Crippen LogP contribution in [0.15, 0.2) is 0 Å². The Morgan fingerprint density at radius 2 is 2.29 bits per heavy atom. The molecule has 0 aliphatic carbocycles. The lowest BCUT2D eigenvalue weighted by atomic mass is 9.94. The van der Waals surface area contributed by atoms with Crippen LogP contribution >= 0.6 is 11.8 Å². The van der Waals surface area contributed by atoms with Crippen molar-refractivity contribution in [3.05, 3.63) is 0 Å².